The zero-order chi connectivity index (χ0) is 22.8. The molecule has 1 aromatic carbocycles. The van der Waals surface area contributed by atoms with Crippen molar-refractivity contribution >= 4 is 28.2 Å². The fourth-order valence-corrected chi connectivity index (χ4v) is 7.34. The normalized spacial score (nSPS) is 21.9. The Morgan fingerprint density at radius 3 is 2.39 bits per heavy atom. The molecule has 186 valence electrons. The van der Waals surface area contributed by atoms with Crippen LogP contribution in [0.25, 0.3) is 0 Å². The molecule has 0 N–H and O–H groups in total. The zero-order valence-corrected chi connectivity index (χ0v) is 21.1. The van der Waals surface area contributed by atoms with Crippen LogP contribution in [-0.4, -0.2) is 68.0 Å². The lowest BCUT2D eigenvalue weighted by Crippen LogP contribution is -2.59. The number of piperazine rings is 1. The van der Waals surface area contributed by atoms with E-state index in [1.54, 1.807) is 16.4 Å². The summed E-state index contributed by atoms with van der Waals surface area (Å²) in [5, 5.41) is 0. The first kappa shape index (κ1) is 26.4. The van der Waals surface area contributed by atoms with Crippen LogP contribution in [0.4, 0.5) is 4.39 Å². The minimum absolute atomic E-state index is 0. The second-order valence-corrected chi connectivity index (χ2v) is 11.6. The molecule has 3 fully saturated rings. The van der Waals surface area contributed by atoms with Crippen molar-refractivity contribution in [3.05, 3.63) is 29.6 Å². The first-order chi connectivity index (χ1) is 15.3. The third-order valence-electron chi connectivity index (χ3n) is 7.52. The summed E-state index contributed by atoms with van der Waals surface area (Å²) in [5.74, 6) is 0.153. The summed E-state index contributed by atoms with van der Waals surface area (Å²) in [4.78, 5) is 15.4. The van der Waals surface area contributed by atoms with Gasteiger partial charge in [0, 0.05) is 38.1 Å². The summed E-state index contributed by atoms with van der Waals surface area (Å²) in [6, 6.07) is 4.46. The SMILES string of the molecule is COc1cccc(F)c1C(=O)CCC1(N2CCN(S(=O)(=O)CC3CC3)CC2)CCCCC1.Cl. The van der Waals surface area contributed by atoms with Crippen molar-refractivity contribution in [1.29, 1.82) is 0 Å². The molecule has 2 saturated carbocycles. The van der Waals surface area contributed by atoms with E-state index in [1.807, 2.05) is 0 Å². The summed E-state index contributed by atoms with van der Waals surface area (Å²) in [6.45, 7) is 2.43. The highest BCUT2D eigenvalue weighted by molar-refractivity contribution is 7.89. The summed E-state index contributed by atoms with van der Waals surface area (Å²) in [6.07, 6.45) is 8.40. The third kappa shape index (κ3) is 6.08. The van der Waals surface area contributed by atoms with E-state index in [0.29, 0.717) is 38.5 Å². The average Bonchev–Trinajstić information content (AvgIpc) is 3.61. The number of nitrogens with zero attached hydrogens (tertiary/aromatic N) is 2. The number of rotatable bonds is 9. The molecule has 6 nitrogen and oxygen atoms in total. The van der Waals surface area contributed by atoms with Crippen LogP contribution in [-0.2, 0) is 10.0 Å². The summed E-state index contributed by atoms with van der Waals surface area (Å²) >= 11 is 0. The van der Waals surface area contributed by atoms with E-state index in [0.717, 1.165) is 38.5 Å². The second-order valence-electron chi connectivity index (χ2n) is 9.63. The van der Waals surface area contributed by atoms with Crippen LogP contribution in [0.15, 0.2) is 18.2 Å². The molecule has 1 aromatic rings. The van der Waals surface area contributed by atoms with E-state index >= 15 is 0 Å². The molecule has 3 aliphatic rings. The number of halogens is 2. The molecule has 0 spiro atoms. The van der Waals surface area contributed by atoms with Crippen LogP contribution in [0.2, 0.25) is 0 Å². The van der Waals surface area contributed by atoms with Crippen molar-refractivity contribution in [2.24, 2.45) is 5.92 Å². The maximum atomic E-state index is 14.4. The largest absolute Gasteiger partial charge is 0.496 e. The number of hydrogen-bond donors (Lipinski definition) is 0. The number of carbonyl (C=O) groups is 1. The van der Waals surface area contributed by atoms with E-state index in [1.165, 1.54) is 19.6 Å². The first-order valence-corrected chi connectivity index (χ1v) is 13.5. The van der Waals surface area contributed by atoms with E-state index in [9.17, 15) is 17.6 Å². The lowest BCUT2D eigenvalue weighted by molar-refractivity contribution is 0.0165. The van der Waals surface area contributed by atoms with Gasteiger partial charge in [-0.15, -0.1) is 12.4 Å². The Kier molecular flexibility index (Phi) is 8.81. The number of Topliss-reactive ketones (excluding diaryl/α,β-unsaturated/α-hetero) is 1. The van der Waals surface area contributed by atoms with Gasteiger partial charge in [-0.2, -0.15) is 4.31 Å². The summed E-state index contributed by atoms with van der Waals surface area (Å²) in [7, 11) is -1.72. The van der Waals surface area contributed by atoms with Crippen LogP contribution in [0, 0.1) is 11.7 Å². The molecule has 4 rings (SSSR count). The molecule has 1 saturated heterocycles. The van der Waals surface area contributed by atoms with Gasteiger partial charge in [0.2, 0.25) is 10.0 Å². The summed E-state index contributed by atoms with van der Waals surface area (Å²) < 4.78 is 46.6. The van der Waals surface area contributed by atoms with Gasteiger partial charge in [0.25, 0.3) is 0 Å². The van der Waals surface area contributed by atoms with Crippen molar-refractivity contribution in [3.8, 4) is 5.75 Å². The second kappa shape index (κ2) is 11.0. The van der Waals surface area contributed by atoms with E-state index < -0.39 is 15.8 Å². The van der Waals surface area contributed by atoms with Crippen molar-refractivity contribution in [1.82, 2.24) is 9.21 Å². The van der Waals surface area contributed by atoms with Gasteiger partial charge in [-0.3, -0.25) is 9.69 Å². The Morgan fingerprint density at radius 2 is 1.79 bits per heavy atom. The lowest BCUT2D eigenvalue weighted by Gasteiger charge is -2.50. The highest BCUT2D eigenvalue weighted by Gasteiger charge is 2.41. The van der Waals surface area contributed by atoms with E-state index in [2.05, 4.69) is 4.90 Å². The van der Waals surface area contributed by atoms with Crippen molar-refractivity contribution < 1.29 is 22.3 Å². The molecule has 1 heterocycles. The molecule has 0 amide bonds. The maximum absolute atomic E-state index is 14.4. The smallest absolute Gasteiger partial charge is 0.214 e. The van der Waals surface area contributed by atoms with Gasteiger partial charge >= 0.3 is 0 Å². The molecule has 0 atom stereocenters. The molecule has 2 aliphatic carbocycles. The topological polar surface area (TPSA) is 66.9 Å². The Balaban J connectivity index is 0.00000306. The Labute approximate surface area is 203 Å². The fraction of sp³-hybridized carbons (Fsp3) is 0.708. The van der Waals surface area contributed by atoms with Crippen LogP contribution in [0.1, 0.15) is 68.1 Å². The predicted molar refractivity (Wildman–Crippen MR) is 129 cm³/mol. The van der Waals surface area contributed by atoms with Gasteiger partial charge in [0.1, 0.15) is 11.6 Å². The molecule has 0 aromatic heterocycles. The number of sulfonamides is 1. The predicted octanol–water partition coefficient (Wildman–Crippen LogP) is 4.28. The monoisotopic (exact) mass is 502 g/mol. The van der Waals surface area contributed by atoms with Crippen LogP contribution in [0.5, 0.6) is 5.75 Å². The van der Waals surface area contributed by atoms with Crippen molar-refractivity contribution in [2.45, 2.75) is 63.3 Å². The molecule has 0 radical (unpaired) electrons. The standard InChI is InChI=1S/C24H35FN2O4S.ClH/c1-31-22-7-5-6-20(25)23(22)21(28)10-13-24(11-3-2-4-12-24)26-14-16-27(17-15-26)32(29,30)18-19-8-9-19;/h5-7,19H,2-4,8-18H2,1H3;1H. The number of methoxy groups -OCH3 is 1. The quantitative estimate of drug-likeness (QED) is 0.471. The minimum atomic E-state index is -3.17. The highest BCUT2D eigenvalue weighted by Crippen LogP contribution is 2.39. The van der Waals surface area contributed by atoms with Crippen LogP contribution >= 0.6 is 12.4 Å². The van der Waals surface area contributed by atoms with Gasteiger partial charge in [-0.05, 0) is 50.2 Å². The Bertz CT molecular complexity index is 924. The number of ketones is 1. The van der Waals surface area contributed by atoms with Gasteiger partial charge < -0.3 is 4.74 Å². The zero-order valence-electron chi connectivity index (χ0n) is 19.4. The van der Waals surface area contributed by atoms with Gasteiger partial charge in [-0.25, -0.2) is 12.8 Å². The molecule has 33 heavy (non-hydrogen) atoms. The summed E-state index contributed by atoms with van der Waals surface area (Å²) in [5.41, 5.74) is -0.0735. The van der Waals surface area contributed by atoms with Crippen molar-refractivity contribution in [2.75, 3.05) is 39.0 Å². The number of hydrogen-bond acceptors (Lipinski definition) is 5. The molecule has 0 unspecified atom stereocenters. The molecular weight excluding hydrogens is 467 g/mol. The Hall–Kier alpha value is -1.22. The number of carbonyl (C=O) groups excluding carboxylic acids is 1. The van der Waals surface area contributed by atoms with Crippen LogP contribution < -0.4 is 4.74 Å². The third-order valence-corrected chi connectivity index (χ3v) is 9.57. The number of benzene rings is 1. The van der Waals surface area contributed by atoms with Gasteiger partial charge in [0.15, 0.2) is 5.78 Å². The Morgan fingerprint density at radius 1 is 1.12 bits per heavy atom. The number of ether oxygens (including phenoxy) is 1. The van der Waals surface area contributed by atoms with Gasteiger partial charge in [0.05, 0.1) is 18.4 Å². The maximum Gasteiger partial charge on any atom is 0.214 e. The van der Waals surface area contributed by atoms with E-state index in [4.69, 9.17) is 4.74 Å². The fourth-order valence-electron chi connectivity index (χ4n) is 5.48. The van der Waals surface area contributed by atoms with Gasteiger partial charge in [-0.1, -0.05) is 25.3 Å². The van der Waals surface area contributed by atoms with Crippen LogP contribution in [0.3, 0.4) is 0 Å². The molecule has 9 heteroatoms. The highest BCUT2D eigenvalue weighted by atomic mass is 35.5. The first-order valence-electron chi connectivity index (χ1n) is 11.9. The lowest BCUT2D eigenvalue weighted by atomic mass is 9.76. The molecule has 1 aliphatic heterocycles. The van der Waals surface area contributed by atoms with Crippen molar-refractivity contribution in [3.63, 3.8) is 0 Å². The minimum Gasteiger partial charge on any atom is -0.496 e. The molecule has 0 bridgehead atoms. The molecular formula is C24H36ClFN2O4S. The van der Waals surface area contributed by atoms with E-state index in [-0.39, 0.29) is 47.2 Å². The average molecular weight is 503 g/mol.